The van der Waals surface area contributed by atoms with E-state index < -0.39 is 0 Å². The van der Waals surface area contributed by atoms with Gasteiger partial charge in [0.1, 0.15) is 5.82 Å². The molecule has 0 aliphatic carbocycles. The Morgan fingerprint density at radius 3 is 2.45 bits per heavy atom. The summed E-state index contributed by atoms with van der Waals surface area (Å²) < 4.78 is 12.5. The number of anilines is 1. The molecule has 1 aromatic carbocycles. The van der Waals surface area contributed by atoms with Gasteiger partial charge in [-0.2, -0.15) is 0 Å². The van der Waals surface area contributed by atoms with Gasteiger partial charge in [0.05, 0.1) is 0 Å². The molecule has 0 heterocycles. The third kappa shape index (κ3) is 2.95. The van der Waals surface area contributed by atoms with E-state index in [1.54, 1.807) is 13.1 Å². The maximum atomic E-state index is 12.5. The van der Waals surface area contributed by atoms with Crippen LogP contribution in [0.1, 0.15) is 0 Å². The molecule has 11 heavy (non-hydrogen) atoms. The molecule has 1 N–H and O–H groups in total. The zero-order chi connectivity index (χ0) is 7.56. The molecule has 0 radical (unpaired) electrons. The van der Waals surface area contributed by atoms with Crippen LogP contribution < -0.4 is 5.32 Å². The second-order valence-electron chi connectivity index (χ2n) is 1.91. The van der Waals surface area contributed by atoms with Crippen molar-refractivity contribution < 1.29 is 4.39 Å². The second-order valence-corrected chi connectivity index (χ2v) is 2.34. The smallest absolute Gasteiger partial charge is 0.126 e. The summed E-state index contributed by atoms with van der Waals surface area (Å²) in [6, 6.07) is 4.30. The molecule has 0 atom stereocenters. The van der Waals surface area contributed by atoms with Gasteiger partial charge in [-0.05, 0) is 18.2 Å². The number of nitrogens with one attached hydrogen (secondary N) is 1. The summed E-state index contributed by atoms with van der Waals surface area (Å²) in [7, 11) is 1.71. The van der Waals surface area contributed by atoms with Crippen LogP contribution in [0.5, 0.6) is 0 Å². The minimum Gasteiger partial charge on any atom is -0.388 e. The van der Waals surface area contributed by atoms with E-state index in [0.29, 0.717) is 10.7 Å². The molecule has 0 unspecified atom stereocenters. The van der Waals surface area contributed by atoms with Crippen LogP contribution in [0.4, 0.5) is 10.1 Å². The minimum absolute atomic E-state index is 0. The van der Waals surface area contributed by atoms with Gasteiger partial charge in [-0.25, -0.2) is 4.39 Å². The van der Waals surface area contributed by atoms with Crippen molar-refractivity contribution in [2.75, 3.05) is 12.4 Å². The lowest BCUT2D eigenvalue weighted by molar-refractivity contribution is 0.628. The van der Waals surface area contributed by atoms with E-state index in [9.17, 15) is 4.39 Å². The molecular formula is C7H8Cl2FN. The zero-order valence-electron chi connectivity index (χ0n) is 5.90. The summed E-state index contributed by atoms with van der Waals surface area (Å²) in [6.07, 6.45) is 0. The number of benzene rings is 1. The first-order chi connectivity index (χ1) is 4.72. The number of halogens is 3. The summed E-state index contributed by atoms with van der Waals surface area (Å²) in [5.41, 5.74) is 0.685. The van der Waals surface area contributed by atoms with E-state index in [-0.39, 0.29) is 18.2 Å². The molecule has 0 fully saturated rings. The average molecular weight is 196 g/mol. The van der Waals surface area contributed by atoms with Gasteiger partial charge in [-0.1, -0.05) is 11.6 Å². The maximum absolute atomic E-state index is 12.5. The van der Waals surface area contributed by atoms with Crippen LogP contribution in [0.2, 0.25) is 5.02 Å². The fraction of sp³-hybridized carbons (Fsp3) is 0.143. The van der Waals surface area contributed by atoms with Crippen molar-refractivity contribution in [3.05, 3.63) is 29.0 Å². The van der Waals surface area contributed by atoms with Gasteiger partial charge >= 0.3 is 0 Å². The zero-order valence-corrected chi connectivity index (χ0v) is 7.47. The highest BCUT2D eigenvalue weighted by Gasteiger charge is 1.95. The van der Waals surface area contributed by atoms with Gasteiger partial charge in [0, 0.05) is 17.8 Å². The third-order valence-electron chi connectivity index (χ3n) is 1.15. The van der Waals surface area contributed by atoms with E-state index in [1.165, 1.54) is 12.1 Å². The molecular weight excluding hydrogens is 188 g/mol. The lowest BCUT2D eigenvalue weighted by atomic mass is 10.3. The monoisotopic (exact) mass is 195 g/mol. The maximum Gasteiger partial charge on any atom is 0.126 e. The average Bonchev–Trinajstić information content (AvgIpc) is 1.85. The summed E-state index contributed by atoms with van der Waals surface area (Å²) >= 11 is 5.55. The Morgan fingerprint density at radius 2 is 2.00 bits per heavy atom. The first kappa shape index (κ1) is 10.5. The Kier molecular flexibility index (Phi) is 4.23. The first-order valence-corrected chi connectivity index (χ1v) is 3.24. The molecule has 4 heteroatoms. The molecule has 0 spiro atoms. The molecule has 62 valence electrons. The second kappa shape index (κ2) is 4.42. The predicted octanol–water partition coefficient (Wildman–Crippen LogP) is 2.94. The molecule has 1 aromatic rings. The van der Waals surface area contributed by atoms with Gasteiger partial charge in [0.15, 0.2) is 0 Å². The van der Waals surface area contributed by atoms with Crippen molar-refractivity contribution in [3.8, 4) is 0 Å². The summed E-state index contributed by atoms with van der Waals surface area (Å²) in [6.45, 7) is 0. The van der Waals surface area contributed by atoms with Crippen molar-refractivity contribution >= 4 is 29.7 Å². The van der Waals surface area contributed by atoms with Crippen LogP contribution >= 0.6 is 24.0 Å². The van der Waals surface area contributed by atoms with Crippen molar-refractivity contribution in [2.45, 2.75) is 0 Å². The topological polar surface area (TPSA) is 12.0 Å². The van der Waals surface area contributed by atoms with Gasteiger partial charge in [0.2, 0.25) is 0 Å². The number of rotatable bonds is 1. The van der Waals surface area contributed by atoms with Crippen LogP contribution in [0.15, 0.2) is 18.2 Å². The van der Waals surface area contributed by atoms with Crippen LogP contribution in [0.25, 0.3) is 0 Å². The molecule has 0 aliphatic heterocycles. The molecule has 1 nitrogen and oxygen atoms in total. The molecule has 0 aliphatic rings. The third-order valence-corrected chi connectivity index (χ3v) is 1.37. The van der Waals surface area contributed by atoms with Gasteiger partial charge in [-0.15, -0.1) is 12.4 Å². The van der Waals surface area contributed by atoms with E-state index in [4.69, 9.17) is 11.6 Å². The largest absolute Gasteiger partial charge is 0.388 e. The lowest BCUT2D eigenvalue weighted by Crippen LogP contribution is -1.88. The fourth-order valence-electron chi connectivity index (χ4n) is 0.698. The van der Waals surface area contributed by atoms with E-state index in [1.807, 2.05) is 0 Å². The minimum atomic E-state index is -0.322. The SMILES string of the molecule is CNc1cc(F)cc(Cl)c1.Cl. The van der Waals surface area contributed by atoms with Crippen molar-refractivity contribution in [2.24, 2.45) is 0 Å². The first-order valence-electron chi connectivity index (χ1n) is 2.86. The van der Waals surface area contributed by atoms with Crippen LogP contribution in [0, 0.1) is 5.82 Å². The Hall–Kier alpha value is -0.470. The summed E-state index contributed by atoms with van der Waals surface area (Å²) in [5.74, 6) is -0.322. The van der Waals surface area contributed by atoms with Gasteiger partial charge < -0.3 is 5.32 Å². The van der Waals surface area contributed by atoms with E-state index in [2.05, 4.69) is 5.32 Å². The number of hydrogen-bond donors (Lipinski definition) is 1. The van der Waals surface area contributed by atoms with Crippen LogP contribution in [-0.4, -0.2) is 7.05 Å². The van der Waals surface area contributed by atoms with E-state index in [0.717, 1.165) is 0 Å². The van der Waals surface area contributed by atoms with E-state index >= 15 is 0 Å². The highest BCUT2D eigenvalue weighted by molar-refractivity contribution is 6.30. The van der Waals surface area contributed by atoms with Crippen molar-refractivity contribution in [3.63, 3.8) is 0 Å². The van der Waals surface area contributed by atoms with Crippen LogP contribution in [0.3, 0.4) is 0 Å². The highest BCUT2D eigenvalue weighted by atomic mass is 35.5. The standard InChI is InChI=1S/C7H7ClFN.ClH/c1-10-7-3-5(8)2-6(9)4-7;/h2-4,10H,1H3;1H. The van der Waals surface area contributed by atoms with Crippen LogP contribution in [-0.2, 0) is 0 Å². The molecule has 1 rings (SSSR count). The highest BCUT2D eigenvalue weighted by Crippen LogP contribution is 2.16. The Bertz CT molecular complexity index is 220. The summed E-state index contributed by atoms with van der Waals surface area (Å²) in [4.78, 5) is 0. The number of hydrogen-bond acceptors (Lipinski definition) is 1. The Balaban J connectivity index is 0.000001000. The fourth-order valence-corrected chi connectivity index (χ4v) is 0.920. The van der Waals surface area contributed by atoms with Crippen molar-refractivity contribution in [1.29, 1.82) is 0 Å². The Morgan fingerprint density at radius 1 is 1.36 bits per heavy atom. The normalized spacial score (nSPS) is 8.64. The van der Waals surface area contributed by atoms with Gasteiger partial charge in [-0.3, -0.25) is 0 Å². The van der Waals surface area contributed by atoms with Crippen molar-refractivity contribution in [1.82, 2.24) is 0 Å². The Labute approximate surface area is 76.0 Å². The summed E-state index contributed by atoms with van der Waals surface area (Å²) in [5, 5.41) is 3.19. The quantitative estimate of drug-likeness (QED) is 0.727. The molecule has 0 bridgehead atoms. The molecule has 0 saturated heterocycles. The lowest BCUT2D eigenvalue weighted by Gasteiger charge is -1.99. The predicted molar refractivity (Wildman–Crippen MR) is 48.2 cm³/mol. The molecule has 0 amide bonds. The molecule has 0 aromatic heterocycles. The molecule has 0 saturated carbocycles. The van der Waals surface area contributed by atoms with Gasteiger partial charge in [0.25, 0.3) is 0 Å².